The lowest BCUT2D eigenvalue weighted by Gasteiger charge is -2.26. The van der Waals surface area contributed by atoms with Gasteiger partial charge in [0.2, 0.25) is 0 Å². The summed E-state index contributed by atoms with van der Waals surface area (Å²) in [4.78, 5) is 45.2. The molecule has 1 amide bonds. The van der Waals surface area contributed by atoms with Crippen molar-refractivity contribution in [3.8, 4) is 11.4 Å². The van der Waals surface area contributed by atoms with Gasteiger partial charge in [-0.1, -0.05) is 73.9 Å². The molecule has 2 N–H and O–H groups in total. The minimum absolute atomic E-state index is 0.0279. The number of nitrogens with zero attached hydrogens (tertiary/aromatic N) is 3. The molecule has 8 nitrogen and oxygen atoms in total. The number of hydrogen-bond donors (Lipinski definition) is 2. The first kappa shape index (κ1) is 29.9. The van der Waals surface area contributed by atoms with Crippen LogP contribution in [0.4, 0.5) is 8.78 Å². The zero-order chi connectivity index (χ0) is 31.5. The summed E-state index contributed by atoms with van der Waals surface area (Å²) < 4.78 is 32.0. The Bertz CT molecular complexity index is 1910. The van der Waals surface area contributed by atoms with Gasteiger partial charge in [0.05, 0.1) is 17.6 Å². The van der Waals surface area contributed by atoms with Gasteiger partial charge in [-0.15, -0.1) is 0 Å². The highest BCUT2D eigenvalue weighted by atomic mass is 19.1. The Morgan fingerprint density at radius 2 is 1.60 bits per heavy atom. The number of benzene rings is 3. The Kier molecular flexibility index (Phi) is 8.55. The molecule has 6 rings (SSSR count). The van der Waals surface area contributed by atoms with E-state index in [4.69, 9.17) is 4.98 Å². The second-order valence-electron chi connectivity index (χ2n) is 11.4. The van der Waals surface area contributed by atoms with Crippen molar-refractivity contribution in [3.05, 3.63) is 124 Å². The van der Waals surface area contributed by atoms with Gasteiger partial charge in [-0.3, -0.25) is 14.2 Å². The lowest BCUT2D eigenvalue weighted by Crippen LogP contribution is -2.44. The van der Waals surface area contributed by atoms with Crippen LogP contribution in [-0.2, 0) is 17.8 Å². The summed E-state index contributed by atoms with van der Waals surface area (Å²) >= 11 is 0. The molecular weight excluding hydrogens is 578 g/mol. The fourth-order valence-electron chi connectivity index (χ4n) is 6.13. The highest BCUT2D eigenvalue weighted by Crippen LogP contribution is 2.36. The normalized spacial score (nSPS) is 14.4. The van der Waals surface area contributed by atoms with Crippen molar-refractivity contribution in [1.29, 1.82) is 0 Å². The van der Waals surface area contributed by atoms with Gasteiger partial charge in [-0.25, -0.2) is 18.6 Å². The van der Waals surface area contributed by atoms with E-state index in [0.717, 1.165) is 32.1 Å². The molecule has 3 aromatic carbocycles. The van der Waals surface area contributed by atoms with E-state index in [1.807, 2.05) is 10.6 Å². The van der Waals surface area contributed by atoms with Crippen molar-refractivity contribution >= 4 is 22.9 Å². The van der Waals surface area contributed by atoms with Crippen molar-refractivity contribution in [3.63, 3.8) is 0 Å². The number of amides is 1. The van der Waals surface area contributed by atoms with E-state index in [9.17, 15) is 23.9 Å². The molecule has 5 aromatic rings. The van der Waals surface area contributed by atoms with E-state index in [1.165, 1.54) is 41.0 Å². The molecule has 0 aliphatic heterocycles. The highest BCUT2D eigenvalue weighted by Gasteiger charge is 2.29. The number of fused-ring (bicyclic) bond motifs is 1. The van der Waals surface area contributed by atoms with Crippen LogP contribution >= 0.6 is 0 Å². The quantitative estimate of drug-likeness (QED) is 0.209. The summed E-state index contributed by atoms with van der Waals surface area (Å²) in [5, 5.41) is 12.5. The monoisotopic (exact) mass is 610 g/mol. The van der Waals surface area contributed by atoms with Crippen LogP contribution in [0.5, 0.6) is 0 Å². The zero-order valence-corrected chi connectivity index (χ0v) is 24.5. The summed E-state index contributed by atoms with van der Waals surface area (Å²) in [6, 6.07) is 20.8. The van der Waals surface area contributed by atoms with Gasteiger partial charge in [0.15, 0.2) is 0 Å². The van der Waals surface area contributed by atoms with E-state index < -0.39 is 35.1 Å². The van der Waals surface area contributed by atoms with Gasteiger partial charge in [-0.05, 0) is 54.3 Å². The van der Waals surface area contributed by atoms with Crippen molar-refractivity contribution in [1.82, 2.24) is 19.4 Å². The first-order valence-corrected chi connectivity index (χ1v) is 15.0. The van der Waals surface area contributed by atoms with E-state index in [0.29, 0.717) is 17.0 Å². The molecule has 0 radical (unpaired) electrons. The Balaban J connectivity index is 1.52. The lowest BCUT2D eigenvalue weighted by atomic mass is 9.95. The van der Waals surface area contributed by atoms with Gasteiger partial charge >= 0.3 is 5.97 Å². The summed E-state index contributed by atoms with van der Waals surface area (Å²) in [5.41, 5.74) is 1.32. The molecule has 1 aliphatic carbocycles. The van der Waals surface area contributed by atoms with E-state index in [1.54, 1.807) is 42.5 Å². The topological polar surface area (TPSA) is 106 Å². The summed E-state index contributed by atoms with van der Waals surface area (Å²) in [6.45, 7) is -0.0842. The van der Waals surface area contributed by atoms with Gasteiger partial charge in [0, 0.05) is 12.5 Å². The number of carbonyl (C=O) groups is 2. The maximum absolute atomic E-state index is 15.2. The third-order valence-corrected chi connectivity index (χ3v) is 8.38. The van der Waals surface area contributed by atoms with Crippen LogP contribution in [0.1, 0.15) is 59.8 Å². The van der Waals surface area contributed by atoms with Gasteiger partial charge in [-0.2, -0.15) is 0 Å². The second-order valence-corrected chi connectivity index (χ2v) is 11.4. The number of carboxylic acid groups (broad SMARTS) is 1. The Morgan fingerprint density at radius 3 is 2.29 bits per heavy atom. The van der Waals surface area contributed by atoms with E-state index >= 15 is 4.39 Å². The van der Waals surface area contributed by atoms with Crippen LogP contribution in [0.25, 0.3) is 22.4 Å². The minimum atomic E-state index is -1.28. The molecule has 0 bridgehead atoms. The maximum Gasteiger partial charge on any atom is 0.326 e. The first-order valence-electron chi connectivity index (χ1n) is 15.0. The predicted molar refractivity (Wildman–Crippen MR) is 166 cm³/mol. The zero-order valence-electron chi connectivity index (χ0n) is 24.5. The Labute approximate surface area is 258 Å². The average Bonchev–Trinajstić information content (AvgIpc) is 3.43. The Hall–Kier alpha value is -5.12. The molecule has 1 atom stereocenters. The number of aliphatic carboxylic acids is 1. The van der Waals surface area contributed by atoms with Crippen molar-refractivity contribution < 1.29 is 23.5 Å². The molecular formula is C35H32F2N4O4. The second kappa shape index (κ2) is 12.9. The molecule has 0 unspecified atom stereocenters. The van der Waals surface area contributed by atoms with Crippen LogP contribution in [0, 0.1) is 11.6 Å². The number of hydrogen-bond acceptors (Lipinski definition) is 4. The molecule has 0 saturated heterocycles. The fraction of sp³-hybridized carbons (Fsp3) is 0.257. The van der Waals surface area contributed by atoms with Crippen molar-refractivity contribution in [2.45, 2.75) is 57.2 Å². The van der Waals surface area contributed by atoms with Crippen molar-refractivity contribution in [2.75, 3.05) is 0 Å². The maximum atomic E-state index is 15.2. The number of rotatable bonds is 9. The molecule has 2 heterocycles. The molecule has 1 aliphatic rings. The first-order chi connectivity index (χ1) is 21.8. The SMILES string of the molecule is O=C(N[C@@H](Cc1ccccc1)C(=O)O)c1cc2nc(-c3ccccc3F)n(C3CCCCC3)c2c(=O)n1Cc1ccc(F)cc1. The summed E-state index contributed by atoms with van der Waals surface area (Å²) in [7, 11) is 0. The van der Waals surface area contributed by atoms with Crippen LogP contribution in [0.3, 0.4) is 0 Å². The van der Waals surface area contributed by atoms with Crippen LogP contribution in [0.15, 0.2) is 89.7 Å². The molecule has 1 saturated carbocycles. The number of imidazole rings is 1. The van der Waals surface area contributed by atoms with Gasteiger partial charge in [0.25, 0.3) is 11.5 Å². The molecule has 1 fully saturated rings. The number of aromatic nitrogens is 3. The molecule has 230 valence electrons. The number of nitrogens with one attached hydrogen (secondary N) is 1. The molecule has 10 heteroatoms. The predicted octanol–water partition coefficient (Wildman–Crippen LogP) is 6.12. The lowest BCUT2D eigenvalue weighted by molar-refractivity contribution is -0.139. The van der Waals surface area contributed by atoms with E-state index in [-0.39, 0.29) is 41.3 Å². The summed E-state index contributed by atoms with van der Waals surface area (Å²) in [6.07, 6.45) is 4.55. The molecule has 2 aromatic heterocycles. The minimum Gasteiger partial charge on any atom is -0.480 e. The number of halogens is 2. The average molecular weight is 611 g/mol. The standard InChI is InChI=1S/C35H32F2N4O4/c36-24-17-15-23(16-18-24)21-40-30(33(42)39-29(35(44)45)19-22-9-3-1-4-10-22)20-28-31(34(40)43)41(25-11-5-2-6-12-25)32(38-28)26-13-7-8-14-27(26)37/h1,3-4,7-10,13-18,20,25,29H,2,5-6,11-12,19,21H2,(H,39,42)(H,44,45)/t29-/m0/s1. The third-order valence-electron chi connectivity index (χ3n) is 8.38. The van der Waals surface area contributed by atoms with Crippen LogP contribution in [0.2, 0.25) is 0 Å². The number of carbonyl (C=O) groups excluding carboxylic acids is 1. The van der Waals surface area contributed by atoms with Gasteiger partial charge < -0.3 is 15.0 Å². The Morgan fingerprint density at radius 1 is 0.911 bits per heavy atom. The van der Waals surface area contributed by atoms with Crippen LogP contribution < -0.4 is 10.9 Å². The largest absolute Gasteiger partial charge is 0.480 e. The van der Waals surface area contributed by atoms with Gasteiger partial charge in [0.1, 0.15) is 34.7 Å². The summed E-state index contributed by atoms with van der Waals surface area (Å²) in [5.74, 6) is -2.65. The smallest absolute Gasteiger partial charge is 0.326 e. The number of carboxylic acids is 1. The number of pyridine rings is 1. The fourth-order valence-corrected chi connectivity index (χ4v) is 6.13. The molecule has 45 heavy (non-hydrogen) atoms. The molecule has 0 spiro atoms. The van der Waals surface area contributed by atoms with Crippen molar-refractivity contribution in [2.24, 2.45) is 0 Å². The van der Waals surface area contributed by atoms with Crippen LogP contribution in [-0.4, -0.2) is 37.1 Å². The van der Waals surface area contributed by atoms with E-state index in [2.05, 4.69) is 5.32 Å². The highest BCUT2D eigenvalue weighted by molar-refractivity contribution is 5.98. The third kappa shape index (κ3) is 6.26.